The van der Waals surface area contributed by atoms with Gasteiger partial charge in [0.1, 0.15) is 5.75 Å². The van der Waals surface area contributed by atoms with Crippen LogP contribution in [0.5, 0.6) is 5.75 Å². The van der Waals surface area contributed by atoms with E-state index in [2.05, 4.69) is 10.2 Å². The maximum absolute atomic E-state index is 12.2. The van der Waals surface area contributed by atoms with Crippen LogP contribution in [0.25, 0.3) is 0 Å². The maximum atomic E-state index is 12.2. The van der Waals surface area contributed by atoms with Crippen LogP contribution in [0.3, 0.4) is 0 Å². The van der Waals surface area contributed by atoms with Crippen LogP contribution < -0.4 is 4.74 Å². The van der Waals surface area contributed by atoms with Crippen LogP contribution in [-0.4, -0.2) is 39.3 Å². The van der Waals surface area contributed by atoms with Crippen molar-refractivity contribution in [2.24, 2.45) is 0 Å². The van der Waals surface area contributed by atoms with Gasteiger partial charge in [-0.25, -0.2) is 0 Å². The number of benzene rings is 1. The van der Waals surface area contributed by atoms with Crippen LogP contribution in [0.15, 0.2) is 33.9 Å². The Hall–Kier alpha value is -1.73. The minimum Gasteiger partial charge on any atom is -0.484 e. The van der Waals surface area contributed by atoms with Gasteiger partial charge in [0, 0.05) is 18.1 Å². The lowest BCUT2D eigenvalue weighted by molar-refractivity contribution is -0.129. The monoisotopic (exact) mass is 369 g/mol. The second-order valence-corrected chi connectivity index (χ2v) is 6.70. The summed E-state index contributed by atoms with van der Waals surface area (Å²) in [6.07, 6.45) is 0. The highest BCUT2D eigenvalue weighted by molar-refractivity contribution is 8.00. The summed E-state index contributed by atoms with van der Waals surface area (Å²) in [5.74, 6) is 1.08. The predicted octanol–water partition coefficient (Wildman–Crippen LogP) is 3.65. The molecule has 1 amide bonds. The van der Waals surface area contributed by atoms with Crippen LogP contribution in [0.2, 0.25) is 5.02 Å². The quantitative estimate of drug-likeness (QED) is 0.661. The zero-order valence-electron chi connectivity index (χ0n) is 13.9. The summed E-state index contributed by atoms with van der Waals surface area (Å²) < 4.78 is 11.1. The van der Waals surface area contributed by atoms with Crippen molar-refractivity contribution in [2.45, 2.75) is 37.9 Å². The molecule has 1 heterocycles. The van der Waals surface area contributed by atoms with Crippen molar-refractivity contribution in [1.82, 2.24) is 15.1 Å². The van der Waals surface area contributed by atoms with E-state index in [0.717, 1.165) is 0 Å². The van der Waals surface area contributed by atoms with Crippen LogP contribution in [-0.2, 0) is 11.4 Å². The van der Waals surface area contributed by atoms with E-state index in [9.17, 15) is 4.79 Å². The van der Waals surface area contributed by atoms with Gasteiger partial charge in [-0.05, 0) is 45.0 Å². The molecule has 8 heteroatoms. The molecule has 0 saturated carbocycles. The molecule has 0 aliphatic carbocycles. The fourth-order valence-corrected chi connectivity index (χ4v) is 2.92. The molecule has 1 aromatic heterocycles. The molecule has 0 N–H and O–H groups in total. The molecule has 130 valence electrons. The number of amides is 1. The third-order valence-electron chi connectivity index (χ3n) is 3.32. The molecule has 24 heavy (non-hydrogen) atoms. The highest BCUT2D eigenvalue weighted by Gasteiger charge is 2.22. The Balaban J connectivity index is 1.88. The number of thioether (sulfide) groups is 1. The molecule has 1 unspecified atom stereocenters. The number of carbonyl (C=O) groups excluding carboxylic acids is 1. The number of halogens is 1. The standard InChI is InChI=1S/C16H20ClN3O3S/c1-4-20(5-2)15(21)11(3)24-16-19-18-14(23-16)10-22-13-8-6-12(17)7-9-13/h6-9,11H,4-5,10H2,1-3H3. The first-order valence-corrected chi connectivity index (χ1v) is 8.95. The smallest absolute Gasteiger partial charge is 0.277 e. The lowest BCUT2D eigenvalue weighted by Gasteiger charge is -2.21. The van der Waals surface area contributed by atoms with Crippen LogP contribution >= 0.6 is 23.4 Å². The van der Waals surface area contributed by atoms with E-state index < -0.39 is 0 Å². The Morgan fingerprint density at radius 1 is 1.29 bits per heavy atom. The minimum absolute atomic E-state index is 0.0576. The Labute approximate surface area is 150 Å². The number of hydrogen-bond donors (Lipinski definition) is 0. The molecular formula is C16H20ClN3O3S. The molecule has 1 aromatic carbocycles. The molecule has 0 aliphatic rings. The van der Waals surface area contributed by atoms with Crippen molar-refractivity contribution >= 4 is 29.3 Å². The first-order valence-electron chi connectivity index (χ1n) is 7.69. The van der Waals surface area contributed by atoms with Gasteiger partial charge in [-0.1, -0.05) is 23.4 Å². The first kappa shape index (κ1) is 18.6. The molecule has 2 aromatic rings. The Morgan fingerprint density at radius 3 is 2.58 bits per heavy atom. The Morgan fingerprint density at radius 2 is 1.96 bits per heavy atom. The average Bonchev–Trinajstić information content (AvgIpc) is 3.02. The van der Waals surface area contributed by atoms with E-state index in [1.54, 1.807) is 29.2 Å². The number of rotatable bonds is 8. The fraction of sp³-hybridized carbons (Fsp3) is 0.438. The summed E-state index contributed by atoms with van der Waals surface area (Å²) in [6.45, 7) is 7.27. The van der Waals surface area contributed by atoms with E-state index in [0.29, 0.717) is 35.0 Å². The SMILES string of the molecule is CCN(CC)C(=O)C(C)Sc1nnc(COc2ccc(Cl)cc2)o1. The summed E-state index contributed by atoms with van der Waals surface area (Å²) in [4.78, 5) is 14.0. The third kappa shape index (κ3) is 5.14. The van der Waals surface area contributed by atoms with Crippen LogP contribution in [0, 0.1) is 0 Å². The molecule has 0 fully saturated rings. The average molecular weight is 370 g/mol. The van der Waals surface area contributed by atoms with Crippen molar-refractivity contribution < 1.29 is 13.9 Å². The summed E-state index contributed by atoms with van der Waals surface area (Å²) in [5.41, 5.74) is 0. The van der Waals surface area contributed by atoms with E-state index in [-0.39, 0.29) is 17.8 Å². The van der Waals surface area contributed by atoms with Crippen LogP contribution in [0.1, 0.15) is 26.7 Å². The van der Waals surface area contributed by atoms with E-state index in [1.165, 1.54) is 11.8 Å². The zero-order chi connectivity index (χ0) is 17.5. The number of hydrogen-bond acceptors (Lipinski definition) is 6. The fourth-order valence-electron chi connectivity index (χ4n) is 2.01. The van der Waals surface area contributed by atoms with Gasteiger partial charge in [0.15, 0.2) is 6.61 Å². The van der Waals surface area contributed by atoms with Gasteiger partial charge in [0.05, 0.1) is 5.25 Å². The van der Waals surface area contributed by atoms with E-state index in [1.807, 2.05) is 20.8 Å². The first-order chi connectivity index (χ1) is 11.5. The van der Waals surface area contributed by atoms with Crippen molar-refractivity contribution in [3.05, 3.63) is 35.2 Å². The summed E-state index contributed by atoms with van der Waals surface area (Å²) in [6, 6.07) is 7.01. The predicted molar refractivity (Wildman–Crippen MR) is 93.3 cm³/mol. The van der Waals surface area contributed by atoms with Crippen molar-refractivity contribution in [2.75, 3.05) is 13.1 Å². The minimum atomic E-state index is -0.282. The topological polar surface area (TPSA) is 68.5 Å². The molecule has 0 radical (unpaired) electrons. The van der Waals surface area contributed by atoms with Gasteiger partial charge in [-0.15, -0.1) is 10.2 Å². The molecule has 0 saturated heterocycles. The lowest BCUT2D eigenvalue weighted by atomic mass is 10.3. The molecule has 0 spiro atoms. The second kappa shape index (κ2) is 8.94. The molecular weight excluding hydrogens is 350 g/mol. The molecule has 0 aliphatic heterocycles. The summed E-state index contributed by atoms with van der Waals surface area (Å²) in [7, 11) is 0. The second-order valence-electron chi connectivity index (χ2n) is 4.97. The van der Waals surface area contributed by atoms with Gasteiger partial charge >= 0.3 is 0 Å². The third-order valence-corrected chi connectivity index (χ3v) is 4.50. The highest BCUT2D eigenvalue weighted by Crippen LogP contribution is 2.24. The molecule has 0 bridgehead atoms. The van der Waals surface area contributed by atoms with Gasteiger partial charge in [-0.2, -0.15) is 0 Å². The largest absolute Gasteiger partial charge is 0.484 e. The number of carbonyl (C=O) groups is 1. The number of nitrogens with zero attached hydrogens (tertiary/aromatic N) is 3. The van der Waals surface area contributed by atoms with Gasteiger partial charge in [-0.3, -0.25) is 4.79 Å². The normalized spacial score (nSPS) is 12.0. The zero-order valence-corrected chi connectivity index (χ0v) is 15.4. The van der Waals surface area contributed by atoms with E-state index in [4.69, 9.17) is 20.8 Å². The molecule has 2 rings (SSSR count). The molecule has 1 atom stereocenters. The summed E-state index contributed by atoms with van der Waals surface area (Å²) in [5, 5.41) is 8.60. The Bertz CT molecular complexity index is 659. The van der Waals surface area contributed by atoms with Crippen LogP contribution in [0.4, 0.5) is 0 Å². The van der Waals surface area contributed by atoms with Gasteiger partial charge in [0.2, 0.25) is 5.91 Å². The van der Waals surface area contributed by atoms with Crippen molar-refractivity contribution in [3.63, 3.8) is 0 Å². The van der Waals surface area contributed by atoms with Crippen molar-refractivity contribution in [1.29, 1.82) is 0 Å². The van der Waals surface area contributed by atoms with Crippen molar-refractivity contribution in [3.8, 4) is 5.75 Å². The number of aromatic nitrogens is 2. The van der Waals surface area contributed by atoms with Gasteiger partial charge in [0.25, 0.3) is 11.1 Å². The van der Waals surface area contributed by atoms with Gasteiger partial charge < -0.3 is 14.1 Å². The molecule has 6 nitrogen and oxygen atoms in total. The maximum Gasteiger partial charge on any atom is 0.277 e. The lowest BCUT2D eigenvalue weighted by Crippen LogP contribution is -2.36. The number of ether oxygens (including phenoxy) is 1. The van der Waals surface area contributed by atoms with E-state index >= 15 is 0 Å². The Kier molecular flexibility index (Phi) is 6.93. The summed E-state index contributed by atoms with van der Waals surface area (Å²) >= 11 is 7.07. The highest BCUT2D eigenvalue weighted by atomic mass is 35.5.